The molecule has 0 saturated carbocycles. The minimum absolute atomic E-state index is 0.118. The Hall–Kier alpha value is -1.11. The summed E-state index contributed by atoms with van der Waals surface area (Å²) in [5, 5.41) is 8.15. The van der Waals surface area contributed by atoms with Crippen molar-refractivity contribution in [2.75, 3.05) is 25.1 Å². The van der Waals surface area contributed by atoms with E-state index in [0.717, 1.165) is 25.1 Å². The van der Waals surface area contributed by atoms with Crippen molar-refractivity contribution in [1.29, 1.82) is 0 Å². The zero-order valence-corrected chi connectivity index (χ0v) is 11.4. The fourth-order valence-corrected chi connectivity index (χ4v) is 1.89. The number of primary sulfonamides is 1. The van der Waals surface area contributed by atoms with Crippen LogP contribution in [0.15, 0.2) is 29.2 Å². The molecule has 5 nitrogen and oxygen atoms in total. The molecule has 0 aliphatic rings. The van der Waals surface area contributed by atoms with E-state index in [4.69, 9.17) is 9.88 Å². The highest BCUT2D eigenvalue weighted by molar-refractivity contribution is 7.89. The molecule has 0 fully saturated rings. The van der Waals surface area contributed by atoms with Gasteiger partial charge < -0.3 is 10.1 Å². The highest BCUT2D eigenvalue weighted by Crippen LogP contribution is 2.12. The standard InChI is InChI=1S/C12H20N2O3S/c1-2-3-9-17-10-8-14-11-4-6-12(7-5-11)18(13,15)16/h4-7,14H,2-3,8-10H2,1H3,(H2,13,15,16). The SMILES string of the molecule is CCCCOCCNc1ccc(S(N)(=O)=O)cc1. The molecule has 0 saturated heterocycles. The first-order chi connectivity index (χ1) is 8.54. The van der Waals surface area contributed by atoms with E-state index < -0.39 is 10.0 Å². The summed E-state index contributed by atoms with van der Waals surface area (Å²) in [6, 6.07) is 6.34. The van der Waals surface area contributed by atoms with Gasteiger partial charge in [-0.15, -0.1) is 0 Å². The maximum atomic E-state index is 11.0. The van der Waals surface area contributed by atoms with E-state index in [1.54, 1.807) is 12.1 Å². The minimum atomic E-state index is -3.61. The zero-order chi connectivity index (χ0) is 13.4. The lowest BCUT2D eigenvalue weighted by Gasteiger charge is -2.07. The number of anilines is 1. The van der Waals surface area contributed by atoms with Crippen LogP contribution >= 0.6 is 0 Å². The molecule has 102 valence electrons. The van der Waals surface area contributed by atoms with Crippen LogP contribution in [0.3, 0.4) is 0 Å². The van der Waals surface area contributed by atoms with Crippen molar-refractivity contribution >= 4 is 15.7 Å². The Morgan fingerprint density at radius 2 is 1.89 bits per heavy atom. The Bertz CT molecular complexity index is 443. The third kappa shape index (κ3) is 5.48. The van der Waals surface area contributed by atoms with Gasteiger partial charge in [-0.05, 0) is 30.7 Å². The van der Waals surface area contributed by atoms with Crippen molar-refractivity contribution in [3.63, 3.8) is 0 Å². The van der Waals surface area contributed by atoms with Gasteiger partial charge in [0.05, 0.1) is 11.5 Å². The molecule has 6 heteroatoms. The molecule has 0 aromatic heterocycles. The molecule has 0 atom stereocenters. The lowest BCUT2D eigenvalue weighted by molar-refractivity contribution is 0.141. The highest BCUT2D eigenvalue weighted by atomic mass is 32.2. The number of nitrogens with two attached hydrogens (primary N) is 1. The first-order valence-electron chi connectivity index (χ1n) is 5.98. The normalized spacial score (nSPS) is 11.4. The maximum Gasteiger partial charge on any atom is 0.238 e. The number of benzene rings is 1. The fraction of sp³-hybridized carbons (Fsp3) is 0.500. The summed E-state index contributed by atoms with van der Waals surface area (Å²) >= 11 is 0. The van der Waals surface area contributed by atoms with Crippen molar-refractivity contribution in [1.82, 2.24) is 0 Å². The van der Waals surface area contributed by atoms with E-state index in [1.807, 2.05) is 0 Å². The monoisotopic (exact) mass is 272 g/mol. The summed E-state index contributed by atoms with van der Waals surface area (Å²) in [4.78, 5) is 0.118. The first-order valence-corrected chi connectivity index (χ1v) is 7.53. The van der Waals surface area contributed by atoms with Crippen LogP contribution in [0.25, 0.3) is 0 Å². The second-order valence-electron chi connectivity index (χ2n) is 3.96. The van der Waals surface area contributed by atoms with E-state index >= 15 is 0 Å². The quantitative estimate of drug-likeness (QED) is 0.704. The Labute approximate surface area is 108 Å². The number of hydrogen-bond acceptors (Lipinski definition) is 4. The molecule has 1 aromatic rings. The van der Waals surface area contributed by atoms with Crippen molar-refractivity contribution in [2.24, 2.45) is 5.14 Å². The second-order valence-corrected chi connectivity index (χ2v) is 5.52. The van der Waals surface area contributed by atoms with Gasteiger partial charge in [0, 0.05) is 18.8 Å². The molecular formula is C12H20N2O3S. The van der Waals surface area contributed by atoms with Crippen LogP contribution < -0.4 is 10.5 Å². The number of unbranched alkanes of at least 4 members (excludes halogenated alkanes) is 1. The topological polar surface area (TPSA) is 81.4 Å². The van der Waals surface area contributed by atoms with Crippen LogP contribution in [0.4, 0.5) is 5.69 Å². The van der Waals surface area contributed by atoms with Gasteiger partial charge >= 0.3 is 0 Å². The fourth-order valence-electron chi connectivity index (χ4n) is 1.38. The van der Waals surface area contributed by atoms with Gasteiger partial charge in [0.1, 0.15) is 0 Å². The number of hydrogen-bond donors (Lipinski definition) is 2. The van der Waals surface area contributed by atoms with Crippen molar-refractivity contribution in [2.45, 2.75) is 24.7 Å². The minimum Gasteiger partial charge on any atom is -0.383 e. The van der Waals surface area contributed by atoms with E-state index in [-0.39, 0.29) is 4.90 Å². The Morgan fingerprint density at radius 1 is 1.22 bits per heavy atom. The van der Waals surface area contributed by atoms with E-state index in [1.165, 1.54) is 12.1 Å². The van der Waals surface area contributed by atoms with Crippen LogP contribution in [-0.2, 0) is 14.8 Å². The summed E-state index contributed by atoms with van der Waals surface area (Å²) in [5.41, 5.74) is 0.849. The van der Waals surface area contributed by atoms with Gasteiger partial charge in [0.15, 0.2) is 0 Å². The van der Waals surface area contributed by atoms with Crippen molar-refractivity contribution in [3.05, 3.63) is 24.3 Å². The predicted molar refractivity (Wildman–Crippen MR) is 72.0 cm³/mol. The van der Waals surface area contributed by atoms with Gasteiger partial charge in [-0.3, -0.25) is 0 Å². The largest absolute Gasteiger partial charge is 0.383 e. The molecule has 0 spiro atoms. The maximum absolute atomic E-state index is 11.0. The molecule has 0 radical (unpaired) electrons. The number of sulfonamides is 1. The molecule has 3 N–H and O–H groups in total. The zero-order valence-electron chi connectivity index (χ0n) is 10.6. The molecule has 1 rings (SSSR count). The van der Waals surface area contributed by atoms with E-state index in [2.05, 4.69) is 12.2 Å². The lowest BCUT2D eigenvalue weighted by atomic mass is 10.3. The average molecular weight is 272 g/mol. The van der Waals surface area contributed by atoms with Gasteiger partial charge in [0.25, 0.3) is 0 Å². The molecule has 0 bridgehead atoms. The molecular weight excluding hydrogens is 252 g/mol. The molecule has 0 aliphatic heterocycles. The molecule has 1 aromatic carbocycles. The van der Waals surface area contributed by atoms with Gasteiger partial charge in [-0.25, -0.2) is 13.6 Å². The van der Waals surface area contributed by atoms with Gasteiger partial charge in [0.2, 0.25) is 10.0 Å². The Balaban J connectivity index is 2.32. The average Bonchev–Trinajstić information content (AvgIpc) is 2.33. The summed E-state index contributed by atoms with van der Waals surface area (Å²) in [7, 11) is -3.61. The highest BCUT2D eigenvalue weighted by Gasteiger charge is 2.06. The van der Waals surface area contributed by atoms with E-state index in [0.29, 0.717) is 13.2 Å². The van der Waals surface area contributed by atoms with Gasteiger partial charge in [-0.2, -0.15) is 0 Å². The van der Waals surface area contributed by atoms with Crippen LogP contribution in [0.1, 0.15) is 19.8 Å². The van der Waals surface area contributed by atoms with E-state index in [9.17, 15) is 8.42 Å². The third-order valence-corrected chi connectivity index (χ3v) is 3.33. The summed E-state index contributed by atoms with van der Waals surface area (Å²) < 4.78 is 27.5. The predicted octanol–water partition coefficient (Wildman–Crippen LogP) is 1.56. The molecule has 0 amide bonds. The van der Waals surface area contributed by atoms with Crippen LogP contribution in [-0.4, -0.2) is 28.2 Å². The lowest BCUT2D eigenvalue weighted by Crippen LogP contribution is -2.12. The number of rotatable bonds is 8. The summed E-state index contributed by atoms with van der Waals surface area (Å²) in [5.74, 6) is 0. The summed E-state index contributed by atoms with van der Waals surface area (Å²) in [6.45, 7) is 4.23. The Kier molecular flexibility index (Phi) is 6.11. The number of nitrogens with one attached hydrogen (secondary N) is 1. The van der Waals surface area contributed by atoms with Crippen LogP contribution in [0, 0.1) is 0 Å². The van der Waals surface area contributed by atoms with Crippen molar-refractivity contribution < 1.29 is 13.2 Å². The first kappa shape index (κ1) is 14.9. The molecule has 0 aliphatic carbocycles. The molecule has 0 heterocycles. The Morgan fingerprint density at radius 3 is 2.44 bits per heavy atom. The summed E-state index contributed by atoms with van der Waals surface area (Å²) in [6.07, 6.45) is 2.20. The van der Waals surface area contributed by atoms with Gasteiger partial charge in [-0.1, -0.05) is 13.3 Å². The van der Waals surface area contributed by atoms with Crippen LogP contribution in [0.5, 0.6) is 0 Å². The smallest absolute Gasteiger partial charge is 0.238 e. The molecule has 18 heavy (non-hydrogen) atoms. The van der Waals surface area contributed by atoms with Crippen molar-refractivity contribution in [3.8, 4) is 0 Å². The molecule has 0 unspecified atom stereocenters. The van der Waals surface area contributed by atoms with Crippen LogP contribution in [0.2, 0.25) is 0 Å². The number of ether oxygens (including phenoxy) is 1. The second kappa shape index (κ2) is 7.35. The third-order valence-electron chi connectivity index (χ3n) is 2.40.